The maximum absolute atomic E-state index is 11.4. The van der Waals surface area contributed by atoms with Gasteiger partial charge in [-0.15, -0.1) is 0 Å². The van der Waals surface area contributed by atoms with E-state index in [1.54, 1.807) is 32.2 Å². The third-order valence-electron chi connectivity index (χ3n) is 3.16. The fourth-order valence-corrected chi connectivity index (χ4v) is 3.71. The van der Waals surface area contributed by atoms with E-state index in [9.17, 15) is 13.5 Å². The minimum absolute atomic E-state index is 0.0312. The van der Waals surface area contributed by atoms with Crippen LogP contribution in [0.25, 0.3) is 0 Å². The Labute approximate surface area is 113 Å². The van der Waals surface area contributed by atoms with Crippen LogP contribution in [0.5, 0.6) is 11.5 Å². The predicted molar refractivity (Wildman–Crippen MR) is 71.3 cm³/mol. The Balaban J connectivity index is 2.23. The van der Waals surface area contributed by atoms with Gasteiger partial charge in [-0.1, -0.05) is 0 Å². The first kappa shape index (κ1) is 14.1. The molecule has 1 N–H and O–H groups in total. The van der Waals surface area contributed by atoms with Gasteiger partial charge in [0.15, 0.2) is 9.84 Å². The fourth-order valence-electron chi connectivity index (χ4n) is 2.12. The zero-order valence-electron chi connectivity index (χ0n) is 11.0. The Morgan fingerprint density at radius 2 is 2.16 bits per heavy atom. The van der Waals surface area contributed by atoms with Gasteiger partial charge in [-0.25, -0.2) is 8.42 Å². The van der Waals surface area contributed by atoms with Crippen LogP contribution in [0.15, 0.2) is 18.2 Å². The molecule has 0 saturated carbocycles. The smallest absolute Gasteiger partial charge is 0.154 e. The minimum atomic E-state index is -2.98. The number of benzene rings is 1. The molecule has 1 aliphatic rings. The van der Waals surface area contributed by atoms with Crippen LogP contribution in [0.3, 0.4) is 0 Å². The molecular weight excluding hydrogens is 268 g/mol. The first-order chi connectivity index (χ1) is 8.91. The molecule has 1 fully saturated rings. The standard InChI is InChI=1S/C13H18O5S/c1-9(14)12-4-3-10(17-2)7-13(12)18-11-5-6-19(15,16)8-11/h3-4,7,9,11,14H,5-6,8H2,1-2H3/t9-,11?/m1/s1. The lowest BCUT2D eigenvalue weighted by atomic mass is 10.1. The van der Waals surface area contributed by atoms with Gasteiger partial charge in [0, 0.05) is 11.6 Å². The highest BCUT2D eigenvalue weighted by Crippen LogP contribution is 2.31. The number of rotatable bonds is 4. The van der Waals surface area contributed by atoms with E-state index < -0.39 is 15.9 Å². The molecule has 0 amide bonds. The number of aliphatic hydroxyl groups is 1. The quantitative estimate of drug-likeness (QED) is 0.903. The second-order valence-electron chi connectivity index (χ2n) is 4.72. The van der Waals surface area contributed by atoms with Crippen LogP contribution in [0.4, 0.5) is 0 Å². The Hall–Kier alpha value is -1.27. The molecule has 5 nitrogen and oxygen atoms in total. The number of hydrogen-bond donors (Lipinski definition) is 1. The summed E-state index contributed by atoms with van der Waals surface area (Å²) in [7, 11) is -1.44. The van der Waals surface area contributed by atoms with Gasteiger partial charge in [-0.05, 0) is 25.5 Å². The lowest BCUT2D eigenvalue weighted by Gasteiger charge is -2.18. The number of ether oxygens (including phenoxy) is 2. The third-order valence-corrected chi connectivity index (χ3v) is 4.89. The molecule has 1 aliphatic heterocycles. The summed E-state index contributed by atoms with van der Waals surface area (Å²) < 4.78 is 33.7. The molecule has 2 rings (SSSR count). The second-order valence-corrected chi connectivity index (χ2v) is 6.95. The Morgan fingerprint density at radius 3 is 2.68 bits per heavy atom. The van der Waals surface area contributed by atoms with Crippen molar-refractivity contribution in [2.75, 3.05) is 18.6 Å². The zero-order valence-corrected chi connectivity index (χ0v) is 11.8. The Bertz CT molecular complexity index is 550. The minimum Gasteiger partial charge on any atom is -0.497 e. The van der Waals surface area contributed by atoms with E-state index in [1.807, 2.05) is 0 Å². The molecule has 1 saturated heterocycles. The Morgan fingerprint density at radius 1 is 1.42 bits per heavy atom. The summed E-state index contributed by atoms with van der Waals surface area (Å²) in [6.45, 7) is 1.64. The highest BCUT2D eigenvalue weighted by atomic mass is 32.2. The molecule has 106 valence electrons. The van der Waals surface area contributed by atoms with Crippen molar-refractivity contribution in [3.05, 3.63) is 23.8 Å². The van der Waals surface area contributed by atoms with Crippen LogP contribution >= 0.6 is 0 Å². The molecule has 2 atom stereocenters. The van der Waals surface area contributed by atoms with Crippen molar-refractivity contribution >= 4 is 9.84 Å². The van der Waals surface area contributed by atoms with Crippen LogP contribution in [-0.4, -0.2) is 38.2 Å². The maximum Gasteiger partial charge on any atom is 0.154 e. The number of methoxy groups -OCH3 is 1. The first-order valence-electron chi connectivity index (χ1n) is 6.14. The number of aliphatic hydroxyl groups excluding tert-OH is 1. The van der Waals surface area contributed by atoms with Crippen LogP contribution in [0, 0.1) is 0 Å². The van der Waals surface area contributed by atoms with Crippen molar-refractivity contribution in [1.29, 1.82) is 0 Å². The predicted octanol–water partition coefficient (Wildman–Crippen LogP) is 1.31. The average Bonchev–Trinajstić information content (AvgIpc) is 2.68. The van der Waals surface area contributed by atoms with E-state index in [-0.39, 0.29) is 17.6 Å². The van der Waals surface area contributed by atoms with Crippen LogP contribution in [-0.2, 0) is 9.84 Å². The molecule has 0 bridgehead atoms. The average molecular weight is 286 g/mol. The summed E-state index contributed by atoms with van der Waals surface area (Å²) >= 11 is 0. The van der Waals surface area contributed by atoms with Gasteiger partial charge >= 0.3 is 0 Å². The lowest BCUT2D eigenvalue weighted by molar-refractivity contribution is 0.179. The normalized spacial score (nSPS) is 23.0. The summed E-state index contributed by atoms with van der Waals surface area (Å²) in [4.78, 5) is 0. The van der Waals surface area contributed by atoms with Gasteiger partial charge in [0.05, 0.1) is 24.7 Å². The van der Waals surface area contributed by atoms with Gasteiger partial charge in [0.1, 0.15) is 17.6 Å². The van der Waals surface area contributed by atoms with E-state index in [4.69, 9.17) is 9.47 Å². The second kappa shape index (κ2) is 5.38. The summed E-state index contributed by atoms with van der Waals surface area (Å²) in [6, 6.07) is 5.13. The molecule has 1 aromatic carbocycles. The Kier molecular flexibility index (Phi) is 4.01. The fraction of sp³-hybridized carbons (Fsp3) is 0.538. The summed E-state index contributed by atoms with van der Waals surface area (Å²) in [5, 5.41) is 9.71. The molecule has 0 aromatic heterocycles. The van der Waals surface area contributed by atoms with E-state index in [2.05, 4.69) is 0 Å². The van der Waals surface area contributed by atoms with E-state index in [1.165, 1.54) is 0 Å². The molecular formula is C13H18O5S. The maximum atomic E-state index is 11.4. The molecule has 19 heavy (non-hydrogen) atoms. The van der Waals surface area contributed by atoms with Crippen LogP contribution in [0.1, 0.15) is 25.0 Å². The van der Waals surface area contributed by atoms with Crippen LogP contribution in [0.2, 0.25) is 0 Å². The zero-order chi connectivity index (χ0) is 14.0. The monoisotopic (exact) mass is 286 g/mol. The van der Waals surface area contributed by atoms with Gasteiger partial charge in [-0.3, -0.25) is 0 Å². The molecule has 0 radical (unpaired) electrons. The van der Waals surface area contributed by atoms with Crippen molar-refractivity contribution in [1.82, 2.24) is 0 Å². The first-order valence-corrected chi connectivity index (χ1v) is 7.96. The van der Waals surface area contributed by atoms with E-state index >= 15 is 0 Å². The summed E-state index contributed by atoms with van der Waals surface area (Å²) in [5.41, 5.74) is 0.630. The van der Waals surface area contributed by atoms with Gasteiger partial charge in [0.25, 0.3) is 0 Å². The molecule has 0 spiro atoms. The highest BCUT2D eigenvalue weighted by molar-refractivity contribution is 7.91. The lowest BCUT2D eigenvalue weighted by Crippen LogP contribution is -2.18. The van der Waals surface area contributed by atoms with Crippen molar-refractivity contribution < 1.29 is 23.0 Å². The molecule has 6 heteroatoms. The van der Waals surface area contributed by atoms with E-state index in [0.29, 0.717) is 23.5 Å². The topological polar surface area (TPSA) is 72.8 Å². The van der Waals surface area contributed by atoms with Crippen molar-refractivity contribution in [3.63, 3.8) is 0 Å². The van der Waals surface area contributed by atoms with E-state index in [0.717, 1.165) is 0 Å². The van der Waals surface area contributed by atoms with Gasteiger partial charge in [-0.2, -0.15) is 0 Å². The molecule has 1 unspecified atom stereocenters. The van der Waals surface area contributed by atoms with Crippen molar-refractivity contribution in [2.45, 2.75) is 25.6 Å². The van der Waals surface area contributed by atoms with Gasteiger partial charge in [0.2, 0.25) is 0 Å². The van der Waals surface area contributed by atoms with Crippen molar-refractivity contribution in [3.8, 4) is 11.5 Å². The van der Waals surface area contributed by atoms with Crippen LogP contribution < -0.4 is 9.47 Å². The van der Waals surface area contributed by atoms with Gasteiger partial charge < -0.3 is 14.6 Å². The van der Waals surface area contributed by atoms with Crippen molar-refractivity contribution in [2.24, 2.45) is 0 Å². The molecule has 1 heterocycles. The summed E-state index contributed by atoms with van der Waals surface area (Å²) in [6.07, 6.45) is -0.549. The third kappa shape index (κ3) is 3.39. The largest absolute Gasteiger partial charge is 0.497 e. The highest BCUT2D eigenvalue weighted by Gasteiger charge is 2.30. The molecule has 0 aliphatic carbocycles. The molecule has 1 aromatic rings. The number of hydrogen-bond acceptors (Lipinski definition) is 5. The summed E-state index contributed by atoms with van der Waals surface area (Å²) in [5.74, 6) is 1.28. The SMILES string of the molecule is COc1ccc([C@@H](C)O)c(OC2CCS(=O)(=O)C2)c1. The number of sulfone groups is 1.